The van der Waals surface area contributed by atoms with Crippen molar-refractivity contribution in [2.45, 2.75) is 51.6 Å². The lowest BCUT2D eigenvalue weighted by atomic mass is 10.1. The molecule has 0 aliphatic rings. The van der Waals surface area contributed by atoms with E-state index < -0.39 is 20.2 Å². The topological polar surface area (TPSA) is 29.5 Å². The third-order valence-electron chi connectivity index (χ3n) is 4.25. The number of halogens is 3. The van der Waals surface area contributed by atoms with Gasteiger partial charge in [0, 0.05) is 16.1 Å². The second kappa shape index (κ2) is 11.2. The molecule has 0 bridgehead atoms. The maximum atomic E-state index is 14.5. The highest BCUT2D eigenvalue weighted by Gasteiger charge is 2.37. The summed E-state index contributed by atoms with van der Waals surface area (Å²) in [4.78, 5) is 0. The first-order valence-electron chi connectivity index (χ1n) is 8.01. The van der Waals surface area contributed by atoms with E-state index in [1.165, 1.54) is 12.1 Å². The predicted octanol–water partition coefficient (Wildman–Crippen LogP) is 6.36. The fraction of sp³-hybridized carbons (Fsp3) is 0.444. The lowest BCUT2D eigenvalue weighted by molar-refractivity contribution is 0.221. The minimum Gasteiger partial charge on any atom is -0.412 e. The van der Waals surface area contributed by atoms with E-state index in [0.717, 1.165) is 0 Å². The summed E-state index contributed by atoms with van der Waals surface area (Å²) < 4.78 is 22.4. The van der Waals surface area contributed by atoms with Crippen molar-refractivity contribution in [2.24, 2.45) is 0 Å². The molecular formula is C18H27BrClFMgO2Si. The van der Waals surface area contributed by atoms with E-state index in [4.69, 9.17) is 16.0 Å². The first-order valence-corrected chi connectivity index (χ1v) is 16.0. The molecule has 0 amide bonds. The molecule has 1 rings (SSSR count). The fourth-order valence-electron chi connectivity index (χ4n) is 1.57. The zero-order chi connectivity index (χ0) is 19.8. The molecular weight excluding hydrogens is 435 g/mol. The van der Waals surface area contributed by atoms with Crippen LogP contribution in [0.2, 0.25) is 23.2 Å². The van der Waals surface area contributed by atoms with Crippen molar-refractivity contribution in [1.29, 1.82) is 0 Å². The maximum absolute atomic E-state index is 14.5. The van der Waals surface area contributed by atoms with Crippen LogP contribution < -0.4 is 0 Å². The SMILES string of the molecule is C=CC(O)c1ccc(Cl)c(CO[Si](C)(C)C(C)(C)C)c1F.C=[CH][Mg][Br]. The molecule has 25 heavy (non-hydrogen) atoms. The first kappa shape index (κ1) is 25.3. The van der Waals surface area contributed by atoms with Crippen molar-refractivity contribution in [3.8, 4) is 0 Å². The minimum atomic E-state index is -1.99. The monoisotopic (exact) mass is 460 g/mol. The highest BCUT2D eigenvalue weighted by molar-refractivity contribution is 9.23. The van der Waals surface area contributed by atoms with Gasteiger partial charge in [0.15, 0.2) is 8.32 Å². The number of hydrogen-bond acceptors (Lipinski definition) is 2. The third kappa shape index (κ3) is 7.83. The second-order valence-electron chi connectivity index (χ2n) is 7.10. The molecule has 1 atom stereocenters. The summed E-state index contributed by atoms with van der Waals surface area (Å²) in [5.41, 5.74) is 0.461. The Morgan fingerprint density at radius 1 is 1.40 bits per heavy atom. The summed E-state index contributed by atoms with van der Waals surface area (Å²) in [6.45, 7) is 17.6. The van der Waals surface area contributed by atoms with Crippen LogP contribution in [0, 0.1) is 5.82 Å². The van der Waals surface area contributed by atoms with E-state index in [1.807, 2.05) is 4.21 Å². The number of aliphatic hydroxyl groups excluding tert-OH is 1. The largest absolute Gasteiger partial charge is 0.497 e. The van der Waals surface area contributed by atoms with Crippen LogP contribution in [0.3, 0.4) is 0 Å². The molecule has 0 fully saturated rings. The van der Waals surface area contributed by atoms with Crippen LogP contribution in [0.1, 0.15) is 38.0 Å². The minimum absolute atomic E-state index is 0.000772. The van der Waals surface area contributed by atoms with Crippen molar-refractivity contribution in [2.75, 3.05) is 0 Å². The van der Waals surface area contributed by atoms with Gasteiger partial charge in [-0.3, -0.25) is 12.9 Å². The van der Waals surface area contributed by atoms with Gasteiger partial charge in [-0.15, -0.1) is 13.2 Å². The molecule has 1 N–H and O–H groups in total. The van der Waals surface area contributed by atoms with Crippen molar-refractivity contribution in [3.63, 3.8) is 0 Å². The van der Waals surface area contributed by atoms with Crippen molar-refractivity contribution in [1.82, 2.24) is 0 Å². The van der Waals surface area contributed by atoms with Crippen LogP contribution in [-0.4, -0.2) is 31.6 Å². The lowest BCUT2D eigenvalue weighted by Crippen LogP contribution is -2.40. The van der Waals surface area contributed by atoms with Gasteiger partial charge >= 0.3 is 18.2 Å². The van der Waals surface area contributed by atoms with Gasteiger partial charge in [0.05, 0.1) is 12.7 Å². The van der Waals surface area contributed by atoms with E-state index >= 15 is 0 Å². The highest BCUT2D eigenvalue weighted by atomic mass is 79.9. The second-order valence-corrected chi connectivity index (χ2v) is 15.1. The van der Waals surface area contributed by atoms with Crippen LogP contribution in [-0.2, 0) is 11.0 Å². The molecule has 2 nitrogen and oxygen atoms in total. The van der Waals surface area contributed by atoms with Gasteiger partial charge in [-0.05, 0) is 24.2 Å². The van der Waals surface area contributed by atoms with E-state index in [1.54, 1.807) is 6.07 Å². The van der Waals surface area contributed by atoms with Crippen molar-refractivity contribution < 1.29 is 13.9 Å². The Morgan fingerprint density at radius 2 is 1.92 bits per heavy atom. The number of rotatable bonds is 6. The molecule has 1 aromatic rings. The Morgan fingerprint density at radius 3 is 2.32 bits per heavy atom. The predicted molar refractivity (Wildman–Crippen MR) is 113 cm³/mol. The summed E-state index contributed by atoms with van der Waals surface area (Å²) >= 11 is 9.35. The van der Waals surface area contributed by atoms with Gasteiger partial charge in [-0.2, -0.15) is 4.21 Å². The standard InChI is InChI=1S/C16H24ClFO2Si.C2H3.BrH.Mg/c1-7-14(19)11-8-9-13(17)12(15(11)18)10-20-21(5,6)16(2,3)4;1-2;;/h7-9,14,19H,1,10H2,2-6H3;1H,2H2;1H;/q;;;+1/p-1. The summed E-state index contributed by atoms with van der Waals surface area (Å²) in [5, 5.41) is 10.1. The molecule has 1 unspecified atom stereocenters. The molecule has 0 spiro atoms. The Hall–Kier alpha value is 0.303. The van der Waals surface area contributed by atoms with Crippen LogP contribution >= 0.6 is 24.5 Å². The molecule has 0 saturated heterocycles. The Kier molecular flexibility index (Phi) is 11.4. The molecule has 138 valence electrons. The van der Waals surface area contributed by atoms with E-state index in [9.17, 15) is 9.50 Å². The average Bonchev–Trinajstić information content (AvgIpc) is 2.53. The molecule has 0 aliphatic carbocycles. The van der Waals surface area contributed by atoms with Crippen LogP contribution in [0.15, 0.2) is 35.6 Å². The summed E-state index contributed by atoms with van der Waals surface area (Å²) in [6.07, 6.45) is 0.235. The number of aliphatic hydroxyl groups is 1. The van der Waals surface area contributed by atoms with Gasteiger partial charge in [0.25, 0.3) is 0 Å². The third-order valence-corrected chi connectivity index (χ3v) is 10.7. The molecule has 7 heteroatoms. The summed E-state index contributed by atoms with van der Waals surface area (Å²) in [6, 6.07) is 3.05. The average molecular weight is 462 g/mol. The summed E-state index contributed by atoms with van der Waals surface area (Å²) in [5.74, 6) is -0.520. The van der Waals surface area contributed by atoms with Gasteiger partial charge in [-0.1, -0.05) is 44.5 Å². The van der Waals surface area contributed by atoms with Gasteiger partial charge < -0.3 is 9.53 Å². The smallest absolute Gasteiger partial charge is 0.412 e. The first-order chi connectivity index (χ1) is 11.4. The van der Waals surface area contributed by atoms with E-state index in [-0.39, 0.29) is 35.4 Å². The van der Waals surface area contributed by atoms with E-state index in [2.05, 4.69) is 59.9 Å². The Balaban J connectivity index is 0.00000129. The zero-order valence-corrected chi connectivity index (χ0v) is 20.5. The normalized spacial score (nSPS) is 12.5. The lowest BCUT2D eigenvalue weighted by Gasteiger charge is -2.36. The molecule has 0 radical (unpaired) electrons. The van der Waals surface area contributed by atoms with Crippen LogP contribution in [0.4, 0.5) is 4.39 Å². The van der Waals surface area contributed by atoms with Crippen LogP contribution in [0.5, 0.6) is 0 Å². The molecule has 0 aromatic heterocycles. The van der Waals surface area contributed by atoms with Gasteiger partial charge in [0.2, 0.25) is 0 Å². The Labute approximate surface area is 173 Å². The van der Waals surface area contributed by atoms with Crippen molar-refractivity contribution >= 4 is 51.0 Å². The van der Waals surface area contributed by atoms with Crippen molar-refractivity contribution in [3.05, 3.63) is 57.5 Å². The summed E-state index contributed by atoms with van der Waals surface area (Å²) in [7, 11) is -1.99. The molecule has 0 saturated carbocycles. The van der Waals surface area contributed by atoms with Gasteiger partial charge in [-0.25, -0.2) is 4.39 Å². The van der Waals surface area contributed by atoms with E-state index in [0.29, 0.717) is 10.6 Å². The Bertz CT molecular complexity index is 591. The quantitative estimate of drug-likeness (QED) is 0.394. The molecule has 0 heterocycles. The molecule has 0 aliphatic heterocycles. The highest BCUT2D eigenvalue weighted by Crippen LogP contribution is 2.38. The number of hydrogen-bond donors (Lipinski definition) is 1. The zero-order valence-electron chi connectivity index (χ0n) is 15.7. The van der Waals surface area contributed by atoms with Crippen LogP contribution in [0.25, 0.3) is 0 Å². The maximum Gasteiger partial charge on any atom is 0.497 e. The number of benzene rings is 1. The van der Waals surface area contributed by atoms with Gasteiger partial charge in [0.1, 0.15) is 5.82 Å². The fourth-order valence-corrected chi connectivity index (χ4v) is 2.71. The molecule has 1 aromatic carbocycles.